The van der Waals surface area contributed by atoms with Gasteiger partial charge in [-0.15, -0.1) is 11.8 Å². The second kappa shape index (κ2) is 6.23. The van der Waals surface area contributed by atoms with Crippen molar-refractivity contribution in [3.8, 4) is 11.3 Å². The van der Waals surface area contributed by atoms with Crippen molar-refractivity contribution in [2.24, 2.45) is 0 Å². The average molecular weight is 429 g/mol. The van der Waals surface area contributed by atoms with Gasteiger partial charge in [0.05, 0.1) is 4.90 Å². The van der Waals surface area contributed by atoms with Crippen molar-refractivity contribution in [3.63, 3.8) is 0 Å². The molecular weight excluding hydrogens is 415 g/mol. The highest BCUT2D eigenvalue weighted by molar-refractivity contribution is 14.1. The van der Waals surface area contributed by atoms with Crippen LogP contribution in [0.25, 0.3) is 22.3 Å². The van der Waals surface area contributed by atoms with E-state index in [9.17, 15) is 0 Å². The summed E-state index contributed by atoms with van der Waals surface area (Å²) in [5.74, 6) is 1.96. The maximum absolute atomic E-state index is 6.20. The van der Waals surface area contributed by atoms with Gasteiger partial charge in [0, 0.05) is 19.5 Å². The lowest BCUT2D eigenvalue weighted by molar-refractivity contribution is 0.622. The minimum absolute atomic E-state index is 0.741. The van der Waals surface area contributed by atoms with Gasteiger partial charge in [-0.2, -0.15) is 0 Å². The Morgan fingerprint density at radius 3 is 2.57 bits per heavy atom. The molecular formula is C17H14ClIOS. The van der Waals surface area contributed by atoms with Gasteiger partial charge in [-0.3, -0.25) is 0 Å². The maximum Gasteiger partial charge on any atom is 0.148 e. The molecule has 0 unspecified atom stereocenters. The molecule has 0 saturated heterocycles. The highest BCUT2D eigenvalue weighted by atomic mass is 127. The molecule has 0 radical (unpaired) electrons. The van der Waals surface area contributed by atoms with Crippen LogP contribution < -0.4 is 0 Å². The van der Waals surface area contributed by atoms with E-state index in [1.807, 2.05) is 36.0 Å². The van der Waals surface area contributed by atoms with Gasteiger partial charge >= 0.3 is 0 Å². The lowest BCUT2D eigenvalue weighted by Crippen LogP contribution is -1.80. The molecule has 0 spiro atoms. The molecule has 108 valence electrons. The summed E-state index contributed by atoms with van der Waals surface area (Å²) in [6.45, 7) is 4.26. The third kappa shape index (κ3) is 2.96. The molecule has 2 aromatic carbocycles. The second-order valence-corrected chi connectivity index (χ2v) is 7.76. The van der Waals surface area contributed by atoms with Crippen molar-refractivity contribution >= 4 is 56.9 Å². The molecule has 0 bridgehead atoms. The Kier molecular flexibility index (Phi) is 4.52. The minimum Gasteiger partial charge on any atom is -0.455 e. The van der Waals surface area contributed by atoms with Gasteiger partial charge in [0.2, 0.25) is 0 Å². The van der Waals surface area contributed by atoms with Crippen LogP contribution in [0, 0.1) is 10.5 Å². The van der Waals surface area contributed by atoms with Gasteiger partial charge in [-0.25, -0.2) is 0 Å². The second-order valence-electron chi connectivity index (χ2n) is 4.80. The summed E-state index contributed by atoms with van der Waals surface area (Å²) in [5, 5.41) is 1.95. The zero-order chi connectivity index (χ0) is 15.0. The van der Waals surface area contributed by atoms with E-state index >= 15 is 0 Å². The van der Waals surface area contributed by atoms with E-state index < -0.39 is 0 Å². The maximum atomic E-state index is 6.20. The van der Waals surface area contributed by atoms with Gasteiger partial charge in [0.1, 0.15) is 11.3 Å². The van der Waals surface area contributed by atoms with Crippen molar-refractivity contribution in [2.75, 3.05) is 5.75 Å². The fourth-order valence-corrected chi connectivity index (χ4v) is 4.17. The molecule has 0 fully saturated rings. The lowest BCUT2D eigenvalue weighted by atomic mass is 10.1. The van der Waals surface area contributed by atoms with E-state index in [0.717, 1.165) is 27.7 Å². The quantitative estimate of drug-likeness (QED) is 0.337. The fourth-order valence-electron chi connectivity index (χ4n) is 2.38. The number of aryl methyl sites for hydroxylation is 1. The molecule has 0 N–H and O–H groups in total. The largest absolute Gasteiger partial charge is 0.455 e. The van der Waals surface area contributed by atoms with Crippen molar-refractivity contribution in [1.82, 2.24) is 0 Å². The zero-order valence-corrected chi connectivity index (χ0v) is 15.5. The SMILES string of the molecule is CCSc1c(-c2ccc(Cl)cc2)oc2c(C)cc(I)cc12. The molecule has 0 aliphatic heterocycles. The van der Waals surface area contributed by atoms with E-state index in [0.29, 0.717) is 0 Å². The lowest BCUT2D eigenvalue weighted by Gasteiger charge is -2.02. The summed E-state index contributed by atoms with van der Waals surface area (Å²) < 4.78 is 7.43. The zero-order valence-electron chi connectivity index (χ0n) is 11.7. The van der Waals surface area contributed by atoms with Gasteiger partial charge in [-0.1, -0.05) is 18.5 Å². The van der Waals surface area contributed by atoms with Gasteiger partial charge in [0.25, 0.3) is 0 Å². The van der Waals surface area contributed by atoms with Gasteiger partial charge < -0.3 is 4.42 Å². The smallest absolute Gasteiger partial charge is 0.148 e. The van der Waals surface area contributed by atoms with Gasteiger partial charge in [-0.05, 0) is 77.2 Å². The number of rotatable bonds is 3. The first-order chi connectivity index (χ1) is 10.1. The Balaban J connectivity index is 2.28. The van der Waals surface area contributed by atoms with E-state index in [1.54, 1.807) is 0 Å². The van der Waals surface area contributed by atoms with E-state index in [2.05, 4.69) is 48.6 Å². The van der Waals surface area contributed by atoms with Crippen LogP contribution in [0.1, 0.15) is 12.5 Å². The van der Waals surface area contributed by atoms with Crippen molar-refractivity contribution in [1.29, 1.82) is 0 Å². The number of fused-ring (bicyclic) bond motifs is 1. The number of hydrogen-bond acceptors (Lipinski definition) is 2. The first-order valence-electron chi connectivity index (χ1n) is 6.71. The molecule has 1 nitrogen and oxygen atoms in total. The summed E-state index contributed by atoms with van der Waals surface area (Å²) in [7, 11) is 0. The standard InChI is InChI=1S/C17H14ClIOS/c1-3-21-17-14-9-13(19)8-10(2)15(14)20-16(17)11-4-6-12(18)7-5-11/h4-9H,3H2,1-2H3. The Morgan fingerprint density at radius 2 is 1.90 bits per heavy atom. The fraction of sp³-hybridized carbons (Fsp3) is 0.176. The Morgan fingerprint density at radius 1 is 1.19 bits per heavy atom. The van der Waals surface area contributed by atoms with Crippen LogP contribution in [0.3, 0.4) is 0 Å². The van der Waals surface area contributed by atoms with E-state index in [1.165, 1.54) is 19.4 Å². The predicted molar refractivity (Wildman–Crippen MR) is 101 cm³/mol. The highest BCUT2D eigenvalue weighted by Crippen LogP contribution is 2.42. The number of benzene rings is 2. The van der Waals surface area contributed by atoms with Crippen LogP contribution in [0.2, 0.25) is 5.02 Å². The molecule has 0 aliphatic rings. The summed E-state index contributed by atoms with van der Waals surface area (Å²) >= 11 is 10.2. The Labute approximate surface area is 147 Å². The van der Waals surface area contributed by atoms with Crippen molar-refractivity contribution < 1.29 is 4.42 Å². The van der Waals surface area contributed by atoms with Crippen LogP contribution in [0.15, 0.2) is 45.7 Å². The molecule has 0 aliphatic carbocycles. The number of furan rings is 1. The van der Waals surface area contributed by atoms with Crippen molar-refractivity contribution in [2.45, 2.75) is 18.7 Å². The van der Waals surface area contributed by atoms with E-state index in [4.69, 9.17) is 16.0 Å². The molecule has 4 heteroatoms. The molecule has 1 aromatic heterocycles. The normalized spacial score (nSPS) is 11.2. The molecule has 1 heterocycles. The van der Waals surface area contributed by atoms with Crippen LogP contribution >= 0.6 is 46.0 Å². The number of thioether (sulfide) groups is 1. The minimum atomic E-state index is 0.741. The molecule has 0 saturated carbocycles. The summed E-state index contributed by atoms with van der Waals surface area (Å²) in [6.07, 6.45) is 0. The molecule has 3 rings (SSSR count). The number of hydrogen-bond donors (Lipinski definition) is 0. The van der Waals surface area contributed by atoms with Crippen LogP contribution in [0.4, 0.5) is 0 Å². The van der Waals surface area contributed by atoms with Gasteiger partial charge in [0.15, 0.2) is 0 Å². The molecule has 3 aromatic rings. The third-order valence-corrected chi connectivity index (χ3v) is 5.15. The van der Waals surface area contributed by atoms with Crippen molar-refractivity contribution in [3.05, 3.63) is 50.6 Å². The summed E-state index contributed by atoms with van der Waals surface area (Å²) in [5.41, 5.74) is 3.23. The third-order valence-electron chi connectivity index (χ3n) is 3.29. The Hall–Kier alpha value is -0.650. The van der Waals surface area contributed by atoms with Crippen LogP contribution in [-0.2, 0) is 0 Å². The first-order valence-corrected chi connectivity index (χ1v) is 9.15. The molecule has 0 atom stereocenters. The summed E-state index contributed by atoms with van der Waals surface area (Å²) in [4.78, 5) is 1.22. The van der Waals surface area contributed by atoms with Crippen LogP contribution in [-0.4, -0.2) is 5.75 Å². The number of halogens is 2. The average Bonchev–Trinajstić information content (AvgIpc) is 2.80. The molecule has 21 heavy (non-hydrogen) atoms. The highest BCUT2D eigenvalue weighted by Gasteiger charge is 2.17. The Bertz CT molecular complexity index is 793. The topological polar surface area (TPSA) is 13.1 Å². The predicted octanol–water partition coefficient (Wildman–Crippen LogP) is 6.78. The first kappa shape index (κ1) is 15.3. The van der Waals surface area contributed by atoms with E-state index in [-0.39, 0.29) is 0 Å². The molecule has 0 amide bonds. The summed E-state index contributed by atoms with van der Waals surface area (Å²) in [6, 6.07) is 12.2. The monoisotopic (exact) mass is 428 g/mol. The van der Waals surface area contributed by atoms with Crippen LogP contribution in [0.5, 0.6) is 0 Å².